The van der Waals surface area contributed by atoms with Crippen molar-refractivity contribution in [2.45, 2.75) is 40.4 Å². The van der Waals surface area contributed by atoms with Crippen LogP contribution in [0.3, 0.4) is 0 Å². The molecule has 0 amide bonds. The summed E-state index contributed by atoms with van der Waals surface area (Å²) in [6.45, 7) is 9.17. The van der Waals surface area contributed by atoms with E-state index in [9.17, 15) is 0 Å². The number of hydrogen-bond donors (Lipinski definition) is 2. The molecule has 2 heterocycles. The molecule has 4 rings (SSSR count). The Morgan fingerprint density at radius 3 is 2.50 bits per heavy atom. The second-order valence-electron chi connectivity index (χ2n) is 7.47. The Morgan fingerprint density at radius 1 is 1.03 bits per heavy atom. The first kappa shape index (κ1) is 24.2. The van der Waals surface area contributed by atoms with E-state index < -0.39 is 0 Å². The standard InChI is InChI=1S/C24H28N6S.HI/c1-4-25-24(27-14-23-17(2)29-18(3)31-23)26-13-19-9-11-20(12-10-19)15-30-16-28-21-7-5-6-8-22(21)30;/h5-12,16H,4,13-15H2,1-3H3,(H2,25,26,27);1H. The molecular formula is C24H29IN6S. The average Bonchev–Trinajstić information content (AvgIpc) is 3.33. The number of nitrogens with one attached hydrogen (secondary N) is 2. The summed E-state index contributed by atoms with van der Waals surface area (Å²) in [5, 5.41) is 7.84. The Labute approximate surface area is 210 Å². The molecule has 2 aromatic carbocycles. The largest absolute Gasteiger partial charge is 0.357 e. The summed E-state index contributed by atoms with van der Waals surface area (Å²) >= 11 is 1.73. The molecule has 0 radical (unpaired) electrons. The third-order valence-corrected chi connectivity index (χ3v) is 6.16. The van der Waals surface area contributed by atoms with Gasteiger partial charge in [-0.15, -0.1) is 35.3 Å². The first-order valence-corrected chi connectivity index (χ1v) is 11.4. The Balaban J connectivity index is 0.00000289. The van der Waals surface area contributed by atoms with Crippen molar-refractivity contribution in [3.05, 3.63) is 81.6 Å². The van der Waals surface area contributed by atoms with Gasteiger partial charge in [0, 0.05) is 18.0 Å². The molecule has 0 aliphatic carbocycles. The SMILES string of the molecule is CCNC(=NCc1ccc(Cn2cnc3ccccc32)cc1)NCc1sc(C)nc1C.I. The van der Waals surface area contributed by atoms with Crippen LogP contribution in [0.5, 0.6) is 0 Å². The normalized spacial score (nSPS) is 11.4. The van der Waals surface area contributed by atoms with Gasteiger partial charge in [-0.3, -0.25) is 0 Å². The first-order chi connectivity index (χ1) is 15.1. The summed E-state index contributed by atoms with van der Waals surface area (Å²) in [5.41, 5.74) is 5.70. The molecule has 32 heavy (non-hydrogen) atoms. The van der Waals surface area contributed by atoms with Crippen LogP contribution in [0.1, 0.15) is 33.6 Å². The third kappa shape index (κ3) is 6.07. The summed E-state index contributed by atoms with van der Waals surface area (Å²) < 4.78 is 2.18. The molecule has 0 unspecified atom stereocenters. The summed E-state index contributed by atoms with van der Waals surface area (Å²) in [4.78, 5) is 15.0. The van der Waals surface area contributed by atoms with Crippen molar-refractivity contribution in [1.82, 2.24) is 25.2 Å². The van der Waals surface area contributed by atoms with Crippen molar-refractivity contribution >= 4 is 52.3 Å². The van der Waals surface area contributed by atoms with E-state index in [0.29, 0.717) is 6.54 Å². The molecule has 0 aliphatic rings. The molecule has 2 N–H and O–H groups in total. The molecule has 168 valence electrons. The summed E-state index contributed by atoms with van der Waals surface area (Å²) in [5.74, 6) is 0.821. The van der Waals surface area contributed by atoms with E-state index in [2.05, 4.69) is 75.4 Å². The fourth-order valence-electron chi connectivity index (χ4n) is 3.50. The van der Waals surface area contributed by atoms with Crippen molar-refractivity contribution in [3.63, 3.8) is 0 Å². The minimum absolute atomic E-state index is 0. The fourth-order valence-corrected chi connectivity index (χ4v) is 4.37. The lowest BCUT2D eigenvalue weighted by Gasteiger charge is -2.11. The van der Waals surface area contributed by atoms with Crippen molar-refractivity contribution in [1.29, 1.82) is 0 Å². The van der Waals surface area contributed by atoms with Gasteiger partial charge in [0.1, 0.15) is 0 Å². The van der Waals surface area contributed by atoms with E-state index in [1.807, 2.05) is 25.4 Å². The van der Waals surface area contributed by atoms with E-state index in [0.717, 1.165) is 47.3 Å². The highest BCUT2D eigenvalue weighted by Crippen LogP contribution is 2.17. The van der Waals surface area contributed by atoms with Gasteiger partial charge in [0.15, 0.2) is 5.96 Å². The number of aliphatic imine (C=N–C) groups is 1. The number of fused-ring (bicyclic) bond motifs is 1. The summed E-state index contributed by atoms with van der Waals surface area (Å²) in [6.07, 6.45) is 1.91. The maximum Gasteiger partial charge on any atom is 0.191 e. The van der Waals surface area contributed by atoms with Gasteiger partial charge in [0.2, 0.25) is 0 Å². The quantitative estimate of drug-likeness (QED) is 0.189. The van der Waals surface area contributed by atoms with Gasteiger partial charge in [-0.05, 0) is 44.0 Å². The number of rotatable bonds is 7. The maximum atomic E-state index is 4.75. The predicted octanol–water partition coefficient (Wildman–Crippen LogP) is 5.03. The van der Waals surface area contributed by atoms with Crippen LogP contribution >= 0.6 is 35.3 Å². The van der Waals surface area contributed by atoms with E-state index in [1.54, 1.807) is 11.3 Å². The van der Waals surface area contributed by atoms with Crippen molar-refractivity contribution in [2.75, 3.05) is 6.54 Å². The lowest BCUT2D eigenvalue weighted by Crippen LogP contribution is -2.36. The molecule has 0 fully saturated rings. The van der Waals surface area contributed by atoms with Crippen LogP contribution in [0.4, 0.5) is 0 Å². The van der Waals surface area contributed by atoms with E-state index in [4.69, 9.17) is 4.99 Å². The number of nitrogens with zero attached hydrogens (tertiary/aromatic N) is 4. The topological polar surface area (TPSA) is 67.1 Å². The number of guanidine groups is 1. The zero-order chi connectivity index (χ0) is 21.6. The van der Waals surface area contributed by atoms with E-state index in [1.165, 1.54) is 16.0 Å². The number of para-hydroxylation sites is 2. The van der Waals surface area contributed by atoms with Crippen molar-refractivity contribution < 1.29 is 0 Å². The lowest BCUT2D eigenvalue weighted by atomic mass is 10.1. The molecule has 0 saturated carbocycles. The van der Waals surface area contributed by atoms with Crippen LogP contribution in [-0.2, 0) is 19.6 Å². The molecule has 0 aliphatic heterocycles. The van der Waals surface area contributed by atoms with Crippen molar-refractivity contribution in [2.24, 2.45) is 4.99 Å². The smallest absolute Gasteiger partial charge is 0.191 e. The maximum absolute atomic E-state index is 4.75. The van der Waals surface area contributed by atoms with Crippen LogP contribution in [0.25, 0.3) is 11.0 Å². The number of halogens is 1. The molecule has 2 aromatic heterocycles. The van der Waals surface area contributed by atoms with Crippen LogP contribution in [0.2, 0.25) is 0 Å². The minimum atomic E-state index is 0. The predicted molar refractivity (Wildman–Crippen MR) is 144 cm³/mol. The Kier molecular flexibility index (Phi) is 8.63. The second kappa shape index (κ2) is 11.4. The van der Waals surface area contributed by atoms with Gasteiger partial charge in [-0.2, -0.15) is 0 Å². The highest BCUT2D eigenvalue weighted by atomic mass is 127. The number of imidazole rings is 1. The molecular weight excluding hydrogens is 531 g/mol. The lowest BCUT2D eigenvalue weighted by molar-refractivity contribution is 0.816. The molecule has 4 aromatic rings. The molecule has 0 atom stereocenters. The van der Waals surface area contributed by atoms with Gasteiger partial charge < -0.3 is 15.2 Å². The van der Waals surface area contributed by atoms with Crippen molar-refractivity contribution in [3.8, 4) is 0 Å². The van der Waals surface area contributed by atoms with Crippen LogP contribution in [0, 0.1) is 13.8 Å². The molecule has 8 heteroatoms. The van der Waals surface area contributed by atoms with Crippen LogP contribution in [0.15, 0.2) is 59.9 Å². The zero-order valence-corrected chi connectivity index (χ0v) is 21.8. The van der Waals surface area contributed by atoms with Gasteiger partial charge >= 0.3 is 0 Å². The van der Waals surface area contributed by atoms with Crippen LogP contribution in [-0.4, -0.2) is 27.0 Å². The highest BCUT2D eigenvalue weighted by Gasteiger charge is 2.06. The number of benzene rings is 2. The molecule has 0 saturated heterocycles. The molecule has 0 spiro atoms. The number of hydrogen-bond acceptors (Lipinski definition) is 4. The second-order valence-corrected chi connectivity index (χ2v) is 8.76. The monoisotopic (exact) mass is 560 g/mol. The third-order valence-electron chi connectivity index (χ3n) is 5.08. The van der Waals surface area contributed by atoms with Gasteiger partial charge in [-0.1, -0.05) is 36.4 Å². The Hall–Kier alpha value is -2.46. The van der Waals surface area contributed by atoms with Gasteiger partial charge in [0.05, 0.1) is 41.2 Å². The van der Waals surface area contributed by atoms with Gasteiger partial charge in [-0.25, -0.2) is 15.0 Å². The fraction of sp³-hybridized carbons (Fsp3) is 0.292. The van der Waals surface area contributed by atoms with E-state index >= 15 is 0 Å². The number of aromatic nitrogens is 3. The number of aryl methyl sites for hydroxylation is 2. The number of thiazole rings is 1. The Morgan fingerprint density at radius 2 is 1.78 bits per heavy atom. The zero-order valence-electron chi connectivity index (χ0n) is 18.6. The molecule has 6 nitrogen and oxygen atoms in total. The summed E-state index contributed by atoms with van der Waals surface area (Å²) in [7, 11) is 0. The van der Waals surface area contributed by atoms with E-state index in [-0.39, 0.29) is 24.0 Å². The summed E-state index contributed by atoms with van der Waals surface area (Å²) in [6, 6.07) is 16.9. The van der Waals surface area contributed by atoms with Gasteiger partial charge in [0.25, 0.3) is 0 Å². The minimum Gasteiger partial charge on any atom is -0.357 e. The van der Waals surface area contributed by atoms with Crippen LogP contribution < -0.4 is 10.6 Å². The average molecular weight is 561 g/mol. The highest BCUT2D eigenvalue weighted by molar-refractivity contribution is 14.0. The molecule has 0 bridgehead atoms. The Bertz CT molecular complexity index is 1180. The first-order valence-electron chi connectivity index (χ1n) is 10.5.